The monoisotopic (exact) mass is 380 g/mol. The Labute approximate surface area is 167 Å². The van der Waals surface area contributed by atoms with Crippen LogP contribution in [0.1, 0.15) is 98.3 Å². The van der Waals surface area contributed by atoms with Crippen molar-refractivity contribution in [3.63, 3.8) is 0 Å². The molecule has 0 bridgehead atoms. The van der Waals surface area contributed by atoms with Crippen LogP contribution in [-0.2, 0) is 9.59 Å². The normalized spacial score (nSPS) is 19.5. The van der Waals surface area contributed by atoms with Gasteiger partial charge in [-0.05, 0) is 38.6 Å². The van der Waals surface area contributed by atoms with Crippen molar-refractivity contribution in [2.45, 2.75) is 110 Å². The van der Waals surface area contributed by atoms with Crippen molar-refractivity contribution in [3.8, 4) is 0 Å². The van der Waals surface area contributed by atoms with Crippen LogP contribution in [0.2, 0.25) is 0 Å². The van der Waals surface area contributed by atoms with E-state index in [1.54, 1.807) is 0 Å². The van der Waals surface area contributed by atoms with Crippen LogP contribution in [0.25, 0.3) is 0 Å². The third-order valence-electron chi connectivity index (χ3n) is 6.07. The summed E-state index contributed by atoms with van der Waals surface area (Å²) in [5, 5.41) is 3.15. The SMILES string of the molecule is CCCCCCC(CCCCC)C(=O)[C@@H]1CCCN1C(=O)C(NC)C(C)C. The predicted molar refractivity (Wildman–Crippen MR) is 114 cm³/mol. The van der Waals surface area contributed by atoms with Gasteiger partial charge >= 0.3 is 0 Å². The summed E-state index contributed by atoms with van der Waals surface area (Å²) in [5.74, 6) is 0.820. The molecule has 1 amide bonds. The highest BCUT2D eigenvalue weighted by atomic mass is 16.2. The van der Waals surface area contributed by atoms with Crippen molar-refractivity contribution in [2.75, 3.05) is 13.6 Å². The van der Waals surface area contributed by atoms with Crippen molar-refractivity contribution < 1.29 is 9.59 Å². The van der Waals surface area contributed by atoms with Crippen LogP contribution in [0.15, 0.2) is 0 Å². The number of rotatable bonds is 14. The largest absolute Gasteiger partial charge is 0.331 e. The van der Waals surface area contributed by atoms with Gasteiger partial charge in [-0.25, -0.2) is 0 Å². The van der Waals surface area contributed by atoms with Gasteiger partial charge in [0, 0.05) is 12.5 Å². The lowest BCUT2D eigenvalue weighted by Gasteiger charge is -2.31. The second kappa shape index (κ2) is 13.3. The summed E-state index contributed by atoms with van der Waals surface area (Å²) < 4.78 is 0. The molecule has 1 rings (SSSR count). The summed E-state index contributed by atoms with van der Waals surface area (Å²) in [4.78, 5) is 28.3. The molecule has 3 atom stereocenters. The van der Waals surface area contributed by atoms with Crippen molar-refractivity contribution in [2.24, 2.45) is 11.8 Å². The molecule has 158 valence electrons. The summed E-state index contributed by atoms with van der Waals surface area (Å²) in [6.07, 6.45) is 12.1. The molecular weight excluding hydrogens is 336 g/mol. The number of nitrogens with zero attached hydrogens (tertiary/aromatic N) is 1. The van der Waals surface area contributed by atoms with E-state index < -0.39 is 0 Å². The van der Waals surface area contributed by atoms with Gasteiger partial charge in [-0.2, -0.15) is 0 Å². The minimum absolute atomic E-state index is 0.113. The molecule has 2 unspecified atom stereocenters. The molecule has 1 aliphatic heterocycles. The summed E-state index contributed by atoms with van der Waals surface area (Å²) in [5.41, 5.74) is 0. The van der Waals surface area contributed by atoms with Gasteiger partial charge in [0.2, 0.25) is 5.91 Å². The van der Waals surface area contributed by atoms with E-state index in [9.17, 15) is 9.59 Å². The quantitative estimate of drug-likeness (QED) is 0.433. The Hall–Kier alpha value is -0.900. The average Bonchev–Trinajstić information content (AvgIpc) is 3.13. The minimum atomic E-state index is -0.193. The molecule has 4 heteroatoms. The molecule has 4 nitrogen and oxygen atoms in total. The molecule has 0 spiro atoms. The number of carbonyl (C=O) groups excluding carboxylic acids is 2. The predicted octanol–water partition coefficient (Wildman–Crippen LogP) is 4.96. The Morgan fingerprint density at radius 1 is 1.00 bits per heavy atom. The molecule has 0 aromatic carbocycles. The number of nitrogens with one attached hydrogen (secondary N) is 1. The first kappa shape index (κ1) is 24.1. The summed E-state index contributed by atoms with van der Waals surface area (Å²) in [6.45, 7) is 9.29. The van der Waals surface area contributed by atoms with Crippen LogP contribution >= 0.6 is 0 Å². The number of likely N-dealkylation sites (N-methyl/N-ethyl adjacent to an activating group) is 1. The van der Waals surface area contributed by atoms with E-state index in [4.69, 9.17) is 0 Å². The third-order valence-corrected chi connectivity index (χ3v) is 6.07. The molecule has 0 aromatic rings. The van der Waals surface area contributed by atoms with Crippen LogP contribution in [0.5, 0.6) is 0 Å². The molecule has 1 N–H and O–H groups in total. The molecule has 1 saturated heterocycles. The van der Waals surface area contributed by atoms with Gasteiger partial charge in [-0.3, -0.25) is 9.59 Å². The number of hydrogen-bond donors (Lipinski definition) is 1. The zero-order chi connectivity index (χ0) is 20.2. The first-order valence-electron chi connectivity index (χ1n) is 11.5. The number of carbonyl (C=O) groups is 2. The smallest absolute Gasteiger partial charge is 0.240 e. The second-order valence-corrected chi connectivity index (χ2v) is 8.64. The van der Waals surface area contributed by atoms with Crippen LogP contribution in [0, 0.1) is 11.8 Å². The standard InChI is InChI=1S/C23H44N2O2/c1-6-8-10-12-15-19(14-11-9-7-2)22(26)20-16-13-17-25(20)23(27)21(24-5)18(3)4/h18-21,24H,6-17H2,1-5H3/t19?,20-,21?/m0/s1. The summed E-state index contributed by atoms with van der Waals surface area (Å²) >= 11 is 0. The first-order chi connectivity index (χ1) is 13.0. The molecule has 0 radical (unpaired) electrons. The Morgan fingerprint density at radius 3 is 2.15 bits per heavy atom. The van der Waals surface area contributed by atoms with Crippen molar-refractivity contribution in [1.82, 2.24) is 10.2 Å². The summed E-state index contributed by atoms with van der Waals surface area (Å²) in [7, 11) is 1.84. The molecule has 0 aliphatic carbocycles. The Morgan fingerprint density at radius 2 is 1.59 bits per heavy atom. The molecular formula is C23H44N2O2. The van der Waals surface area contributed by atoms with E-state index in [2.05, 4.69) is 33.0 Å². The van der Waals surface area contributed by atoms with Crippen LogP contribution in [0.3, 0.4) is 0 Å². The number of likely N-dealkylation sites (tertiary alicyclic amines) is 1. The minimum Gasteiger partial charge on any atom is -0.331 e. The zero-order valence-electron chi connectivity index (χ0n) is 18.6. The molecule has 27 heavy (non-hydrogen) atoms. The number of hydrogen-bond acceptors (Lipinski definition) is 3. The molecule has 1 heterocycles. The van der Waals surface area contributed by atoms with Gasteiger partial charge in [0.05, 0.1) is 12.1 Å². The van der Waals surface area contributed by atoms with Crippen molar-refractivity contribution >= 4 is 11.7 Å². The summed E-state index contributed by atoms with van der Waals surface area (Å²) in [6, 6.07) is -0.383. The fourth-order valence-corrected chi connectivity index (χ4v) is 4.41. The van der Waals surface area contributed by atoms with Crippen LogP contribution in [0.4, 0.5) is 0 Å². The Bertz CT molecular complexity index is 436. The van der Waals surface area contributed by atoms with Crippen molar-refractivity contribution in [3.05, 3.63) is 0 Å². The van der Waals surface area contributed by atoms with E-state index in [0.29, 0.717) is 5.78 Å². The maximum absolute atomic E-state index is 13.4. The second-order valence-electron chi connectivity index (χ2n) is 8.64. The van der Waals surface area contributed by atoms with Crippen LogP contribution < -0.4 is 5.32 Å². The average molecular weight is 381 g/mol. The van der Waals surface area contributed by atoms with Gasteiger partial charge < -0.3 is 10.2 Å². The highest BCUT2D eigenvalue weighted by molar-refractivity contribution is 5.92. The lowest BCUT2D eigenvalue weighted by atomic mass is 9.87. The number of Topliss-reactive ketones (excluding diaryl/α,β-unsaturated/α-hetero) is 1. The molecule has 1 fully saturated rings. The van der Waals surface area contributed by atoms with Gasteiger partial charge in [-0.15, -0.1) is 0 Å². The Kier molecular flexibility index (Phi) is 11.9. The highest BCUT2D eigenvalue weighted by Crippen LogP contribution is 2.28. The topological polar surface area (TPSA) is 49.4 Å². The van der Waals surface area contributed by atoms with E-state index in [1.165, 1.54) is 32.1 Å². The van der Waals surface area contributed by atoms with Crippen molar-refractivity contribution in [1.29, 1.82) is 0 Å². The third kappa shape index (κ3) is 7.56. The number of unbranched alkanes of at least 4 members (excludes halogenated alkanes) is 5. The lowest BCUT2D eigenvalue weighted by Crippen LogP contribution is -2.52. The maximum Gasteiger partial charge on any atom is 0.240 e. The van der Waals surface area contributed by atoms with Gasteiger partial charge in [0.15, 0.2) is 5.78 Å². The van der Waals surface area contributed by atoms with E-state index in [1.807, 2.05) is 11.9 Å². The first-order valence-corrected chi connectivity index (χ1v) is 11.5. The molecule has 0 aromatic heterocycles. The fourth-order valence-electron chi connectivity index (χ4n) is 4.41. The lowest BCUT2D eigenvalue weighted by molar-refractivity contribution is -0.141. The molecule has 1 aliphatic rings. The highest BCUT2D eigenvalue weighted by Gasteiger charge is 2.39. The number of amides is 1. The zero-order valence-corrected chi connectivity index (χ0v) is 18.6. The maximum atomic E-state index is 13.4. The molecule has 0 saturated carbocycles. The van der Waals surface area contributed by atoms with Gasteiger partial charge in [-0.1, -0.05) is 72.6 Å². The fraction of sp³-hybridized carbons (Fsp3) is 0.913. The van der Waals surface area contributed by atoms with E-state index >= 15 is 0 Å². The van der Waals surface area contributed by atoms with E-state index in [0.717, 1.165) is 45.1 Å². The Balaban J connectivity index is 2.78. The van der Waals surface area contributed by atoms with Gasteiger partial charge in [0.1, 0.15) is 0 Å². The van der Waals surface area contributed by atoms with Gasteiger partial charge in [0.25, 0.3) is 0 Å². The van der Waals surface area contributed by atoms with E-state index in [-0.39, 0.29) is 29.8 Å². The number of ketones is 1. The van der Waals surface area contributed by atoms with Crippen LogP contribution in [-0.4, -0.2) is 42.3 Å².